The third-order valence-corrected chi connectivity index (χ3v) is 3.73. The van der Waals surface area contributed by atoms with Crippen LogP contribution in [0.25, 0.3) is 0 Å². The number of Topliss-reactive ketones (excluding diaryl/α,β-unsaturated/α-hetero) is 1. The average Bonchev–Trinajstić information content (AvgIpc) is 2.36. The zero-order valence-electron chi connectivity index (χ0n) is 12.8. The van der Waals surface area contributed by atoms with E-state index in [1.807, 2.05) is 13.8 Å². The highest BCUT2D eigenvalue weighted by Crippen LogP contribution is 2.41. The molecule has 5 heteroatoms. The van der Waals surface area contributed by atoms with E-state index in [0.717, 1.165) is 6.42 Å². The second-order valence-electron chi connectivity index (χ2n) is 5.88. The Morgan fingerprint density at radius 1 is 1.60 bits per heavy atom. The van der Waals surface area contributed by atoms with Crippen LogP contribution >= 0.6 is 0 Å². The molecular weight excluding hydrogens is 258 g/mol. The summed E-state index contributed by atoms with van der Waals surface area (Å²) < 4.78 is 4.74. The van der Waals surface area contributed by atoms with Gasteiger partial charge in [0, 0.05) is 18.7 Å². The fraction of sp³-hybridized carbons (Fsp3) is 0.667. The molecule has 0 aromatic carbocycles. The Morgan fingerprint density at radius 2 is 2.20 bits per heavy atom. The third-order valence-electron chi connectivity index (χ3n) is 3.73. The zero-order valence-corrected chi connectivity index (χ0v) is 12.8. The van der Waals surface area contributed by atoms with E-state index in [4.69, 9.17) is 4.74 Å². The summed E-state index contributed by atoms with van der Waals surface area (Å²) in [5.74, 6) is -1.79. The standard InChI is InChI=1S/C15H23NO4/c1-6-9(2)16-8-10-11(17)7-15(3,4)12(13(10)18)14(19)20-5/h8-9,12,18H,6-7H2,1-5H3/t9-,12-/m0/s1. The van der Waals surface area contributed by atoms with Crippen LogP contribution in [0.5, 0.6) is 0 Å². The van der Waals surface area contributed by atoms with Gasteiger partial charge in [-0.05, 0) is 18.8 Å². The van der Waals surface area contributed by atoms with Crippen LogP contribution in [-0.4, -0.2) is 36.2 Å². The second kappa shape index (κ2) is 6.20. The first kappa shape index (κ1) is 16.4. The maximum Gasteiger partial charge on any atom is 0.316 e. The molecule has 0 radical (unpaired) electrons. The summed E-state index contributed by atoms with van der Waals surface area (Å²) in [7, 11) is 1.27. The van der Waals surface area contributed by atoms with Crippen molar-refractivity contribution in [3.05, 3.63) is 11.3 Å². The van der Waals surface area contributed by atoms with Gasteiger partial charge in [0.15, 0.2) is 5.78 Å². The molecule has 1 rings (SSSR count). The summed E-state index contributed by atoms with van der Waals surface area (Å²) in [5.41, 5.74) is -0.540. The number of aliphatic hydroxyl groups is 1. The Balaban J connectivity index is 3.23. The molecule has 0 heterocycles. The normalized spacial score (nSPS) is 24.1. The molecule has 0 bridgehead atoms. The van der Waals surface area contributed by atoms with E-state index in [2.05, 4.69) is 4.99 Å². The van der Waals surface area contributed by atoms with Crippen molar-refractivity contribution in [2.45, 2.75) is 46.6 Å². The van der Waals surface area contributed by atoms with Gasteiger partial charge >= 0.3 is 5.97 Å². The topological polar surface area (TPSA) is 76.0 Å². The largest absolute Gasteiger partial charge is 0.511 e. The average molecular weight is 281 g/mol. The van der Waals surface area contributed by atoms with Crippen molar-refractivity contribution >= 4 is 18.0 Å². The summed E-state index contributed by atoms with van der Waals surface area (Å²) in [4.78, 5) is 28.2. The van der Waals surface area contributed by atoms with Crippen molar-refractivity contribution in [1.29, 1.82) is 0 Å². The summed E-state index contributed by atoms with van der Waals surface area (Å²) in [6, 6.07) is 0.0645. The van der Waals surface area contributed by atoms with Gasteiger partial charge in [-0.15, -0.1) is 0 Å². The number of hydrogen-bond acceptors (Lipinski definition) is 5. The number of ketones is 1. The first-order chi connectivity index (χ1) is 9.24. The van der Waals surface area contributed by atoms with Crippen molar-refractivity contribution in [1.82, 2.24) is 0 Å². The van der Waals surface area contributed by atoms with E-state index < -0.39 is 17.3 Å². The lowest BCUT2D eigenvalue weighted by atomic mass is 9.68. The van der Waals surface area contributed by atoms with Gasteiger partial charge in [-0.2, -0.15) is 0 Å². The fourth-order valence-electron chi connectivity index (χ4n) is 2.27. The number of methoxy groups -OCH3 is 1. The number of ether oxygens (including phenoxy) is 1. The van der Waals surface area contributed by atoms with Crippen molar-refractivity contribution in [3.63, 3.8) is 0 Å². The third kappa shape index (κ3) is 3.26. The lowest BCUT2D eigenvalue weighted by Gasteiger charge is -2.35. The molecule has 0 unspecified atom stereocenters. The van der Waals surface area contributed by atoms with Crippen LogP contribution in [0.3, 0.4) is 0 Å². The lowest BCUT2D eigenvalue weighted by Crippen LogP contribution is -2.40. The minimum absolute atomic E-state index is 0.0645. The van der Waals surface area contributed by atoms with Gasteiger partial charge in [0.1, 0.15) is 11.7 Å². The molecule has 5 nitrogen and oxygen atoms in total. The highest BCUT2D eigenvalue weighted by Gasteiger charge is 2.46. The van der Waals surface area contributed by atoms with E-state index >= 15 is 0 Å². The maximum atomic E-state index is 12.1. The zero-order chi connectivity index (χ0) is 15.5. The first-order valence-corrected chi connectivity index (χ1v) is 6.82. The number of aliphatic hydroxyl groups excluding tert-OH is 1. The maximum absolute atomic E-state index is 12.1. The number of esters is 1. The van der Waals surface area contributed by atoms with Gasteiger partial charge in [-0.1, -0.05) is 20.8 Å². The number of hydrogen-bond donors (Lipinski definition) is 1. The molecule has 0 saturated heterocycles. The Bertz CT molecular complexity index is 462. The Morgan fingerprint density at radius 3 is 2.70 bits per heavy atom. The Kier molecular flexibility index (Phi) is 5.09. The fourth-order valence-corrected chi connectivity index (χ4v) is 2.27. The predicted octanol–water partition coefficient (Wildman–Crippen LogP) is 2.46. The molecule has 0 aliphatic heterocycles. The molecule has 20 heavy (non-hydrogen) atoms. The van der Waals surface area contributed by atoms with Crippen LogP contribution in [0.2, 0.25) is 0 Å². The van der Waals surface area contributed by atoms with Crippen molar-refractivity contribution in [3.8, 4) is 0 Å². The summed E-state index contributed by atoms with van der Waals surface area (Å²) >= 11 is 0. The van der Waals surface area contributed by atoms with Gasteiger partial charge in [-0.25, -0.2) is 0 Å². The molecule has 0 aromatic rings. The van der Waals surface area contributed by atoms with E-state index in [1.54, 1.807) is 13.8 Å². The molecule has 0 amide bonds. The Labute approximate surface area is 119 Å². The quantitative estimate of drug-likeness (QED) is 0.634. The number of carbonyl (C=O) groups excluding carboxylic acids is 2. The van der Waals surface area contributed by atoms with Gasteiger partial charge in [0.25, 0.3) is 0 Å². The molecule has 0 fully saturated rings. The molecule has 0 aromatic heterocycles. The highest BCUT2D eigenvalue weighted by molar-refractivity contribution is 6.15. The minimum atomic E-state index is -0.830. The van der Waals surface area contributed by atoms with Crippen LogP contribution in [0.15, 0.2) is 16.3 Å². The van der Waals surface area contributed by atoms with Crippen molar-refractivity contribution in [2.75, 3.05) is 7.11 Å². The van der Waals surface area contributed by atoms with Crippen LogP contribution in [0.4, 0.5) is 0 Å². The van der Waals surface area contributed by atoms with Gasteiger partial charge in [0.05, 0.1) is 12.7 Å². The lowest BCUT2D eigenvalue weighted by molar-refractivity contribution is -0.150. The van der Waals surface area contributed by atoms with Gasteiger partial charge in [-0.3, -0.25) is 14.6 Å². The summed E-state index contributed by atoms with van der Waals surface area (Å²) in [6.07, 6.45) is 2.40. The van der Waals surface area contributed by atoms with Crippen LogP contribution in [-0.2, 0) is 14.3 Å². The summed E-state index contributed by atoms with van der Waals surface area (Å²) in [5, 5.41) is 10.3. The predicted molar refractivity (Wildman–Crippen MR) is 76.8 cm³/mol. The van der Waals surface area contributed by atoms with Gasteiger partial charge < -0.3 is 9.84 Å². The van der Waals surface area contributed by atoms with E-state index in [0.29, 0.717) is 0 Å². The van der Waals surface area contributed by atoms with Crippen LogP contribution in [0.1, 0.15) is 40.5 Å². The minimum Gasteiger partial charge on any atom is -0.511 e. The molecular formula is C15H23NO4. The molecule has 0 saturated carbocycles. The number of carbonyl (C=O) groups is 2. The van der Waals surface area contributed by atoms with E-state index in [9.17, 15) is 14.7 Å². The smallest absolute Gasteiger partial charge is 0.316 e. The second-order valence-corrected chi connectivity index (χ2v) is 5.88. The monoisotopic (exact) mass is 281 g/mol. The van der Waals surface area contributed by atoms with Crippen LogP contribution in [0, 0.1) is 11.3 Å². The first-order valence-electron chi connectivity index (χ1n) is 6.82. The molecule has 112 valence electrons. The molecule has 1 aliphatic carbocycles. The summed E-state index contributed by atoms with van der Waals surface area (Å²) in [6.45, 7) is 7.44. The number of nitrogens with zero attached hydrogens (tertiary/aromatic N) is 1. The Hall–Kier alpha value is -1.65. The van der Waals surface area contributed by atoms with E-state index in [1.165, 1.54) is 13.3 Å². The van der Waals surface area contributed by atoms with Gasteiger partial charge in [0.2, 0.25) is 0 Å². The number of rotatable bonds is 4. The SMILES string of the molecule is CC[C@H](C)N=CC1=C(O)[C@@H](C(=O)OC)C(C)(C)CC1=O. The number of aliphatic imine (C=N–C) groups is 1. The molecule has 2 atom stereocenters. The van der Waals surface area contributed by atoms with Crippen molar-refractivity contribution in [2.24, 2.45) is 16.3 Å². The molecule has 1 aliphatic rings. The molecule has 1 N–H and O–H groups in total. The van der Waals surface area contributed by atoms with Crippen LogP contribution < -0.4 is 0 Å². The highest BCUT2D eigenvalue weighted by atomic mass is 16.5. The van der Waals surface area contributed by atoms with Crippen molar-refractivity contribution < 1.29 is 19.4 Å². The van der Waals surface area contributed by atoms with E-state index in [-0.39, 0.29) is 29.6 Å². The number of allylic oxidation sites excluding steroid dienone is 1. The molecule has 0 spiro atoms.